The molecule has 192 valence electrons. The minimum absolute atomic E-state index is 0.0195. The maximum absolute atomic E-state index is 14.9. The predicted octanol–water partition coefficient (Wildman–Crippen LogP) is 2.23. The lowest BCUT2D eigenvalue weighted by Crippen LogP contribution is -2.63. The Hall–Kier alpha value is -2.79. The van der Waals surface area contributed by atoms with Gasteiger partial charge in [-0.3, -0.25) is 4.90 Å². The van der Waals surface area contributed by atoms with E-state index in [-0.39, 0.29) is 35.9 Å². The van der Waals surface area contributed by atoms with Gasteiger partial charge in [-0.2, -0.15) is 0 Å². The van der Waals surface area contributed by atoms with Crippen LogP contribution in [0.5, 0.6) is 5.75 Å². The zero-order valence-corrected chi connectivity index (χ0v) is 21.2. The van der Waals surface area contributed by atoms with Crippen LogP contribution in [-0.4, -0.2) is 65.9 Å². The van der Waals surface area contributed by atoms with Gasteiger partial charge in [0.25, 0.3) is 10.0 Å². The van der Waals surface area contributed by atoms with Crippen molar-refractivity contribution in [3.05, 3.63) is 77.5 Å². The first-order valence-corrected chi connectivity index (χ1v) is 13.5. The first-order valence-electron chi connectivity index (χ1n) is 12.0. The van der Waals surface area contributed by atoms with Crippen molar-refractivity contribution in [3.8, 4) is 5.75 Å². The second-order valence-electron chi connectivity index (χ2n) is 10.1. The molecule has 1 saturated heterocycles. The van der Waals surface area contributed by atoms with Crippen molar-refractivity contribution >= 4 is 10.0 Å². The molecule has 0 spiro atoms. The minimum Gasteiger partial charge on any atom is -0.489 e. The largest absolute Gasteiger partial charge is 0.489 e. The number of imidazole rings is 1. The number of fused-ring (bicyclic) bond motifs is 1. The summed E-state index contributed by atoms with van der Waals surface area (Å²) in [5.74, 6) is -0.222. The number of aryl methyl sites for hydroxylation is 1. The number of likely N-dealkylation sites (tertiary alicyclic amines) is 1. The van der Waals surface area contributed by atoms with Gasteiger partial charge in [-0.05, 0) is 48.6 Å². The summed E-state index contributed by atoms with van der Waals surface area (Å²) in [5.41, 5.74) is 2.51. The number of hydrogen-bond acceptors (Lipinski definition) is 6. The molecule has 1 aliphatic carbocycles. The highest BCUT2D eigenvalue weighted by atomic mass is 32.2. The molecule has 2 N–H and O–H groups in total. The van der Waals surface area contributed by atoms with Gasteiger partial charge in [0, 0.05) is 44.8 Å². The van der Waals surface area contributed by atoms with Gasteiger partial charge in [0.1, 0.15) is 6.61 Å². The van der Waals surface area contributed by atoms with E-state index in [1.54, 1.807) is 23.7 Å². The SMILES string of the molecule is Cn1cnc(S(=O)(=O)NCCOc2cc3c(cc2F)C[C@H](N2CC(C)(O)C2)[C@@H]3Cc2ccccc2)c1. The molecular weight excluding hydrogens is 483 g/mol. The molecule has 0 bridgehead atoms. The van der Waals surface area contributed by atoms with Gasteiger partial charge in [-0.1, -0.05) is 30.3 Å². The number of ether oxygens (including phenoxy) is 1. The second kappa shape index (κ2) is 9.59. The van der Waals surface area contributed by atoms with Gasteiger partial charge in [-0.25, -0.2) is 22.5 Å². The fourth-order valence-corrected chi connectivity index (χ4v) is 6.31. The molecule has 1 aliphatic heterocycles. The minimum atomic E-state index is -3.76. The highest BCUT2D eigenvalue weighted by molar-refractivity contribution is 7.89. The third-order valence-electron chi connectivity index (χ3n) is 6.95. The predicted molar refractivity (Wildman–Crippen MR) is 133 cm³/mol. The first kappa shape index (κ1) is 24.9. The smallest absolute Gasteiger partial charge is 0.259 e. The average Bonchev–Trinajstić information content (AvgIpc) is 3.40. The Kier molecular flexibility index (Phi) is 6.63. The number of β-amino-alcohol motifs (C(OH)–C–C–N with tert-alkyl or cyclic N) is 1. The Morgan fingerprint density at radius 3 is 2.67 bits per heavy atom. The summed E-state index contributed by atoms with van der Waals surface area (Å²) in [6.07, 6.45) is 4.32. The van der Waals surface area contributed by atoms with E-state index in [0.29, 0.717) is 19.5 Å². The number of hydrogen-bond donors (Lipinski definition) is 2. The molecule has 2 aliphatic rings. The Morgan fingerprint density at radius 1 is 1.25 bits per heavy atom. The summed E-state index contributed by atoms with van der Waals surface area (Å²) in [5, 5.41) is 10.2. The fraction of sp³-hybridized carbons (Fsp3) is 0.423. The van der Waals surface area contributed by atoms with Crippen LogP contribution in [0, 0.1) is 5.82 Å². The second-order valence-corrected chi connectivity index (χ2v) is 11.8. The molecule has 1 fully saturated rings. The quantitative estimate of drug-likeness (QED) is 0.425. The van der Waals surface area contributed by atoms with E-state index in [1.165, 1.54) is 18.1 Å². The molecule has 0 amide bonds. The Bertz CT molecular complexity index is 1340. The van der Waals surface area contributed by atoms with Crippen molar-refractivity contribution in [2.24, 2.45) is 7.05 Å². The van der Waals surface area contributed by atoms with Crippen LogP contribution in [0.2, 0.25) is 0 Å². The molecule has 0 radical (unpaired) electrons. The zero-order chi connectivity index (χ0) is 25.5. The molecule has 2 atom stereocenters. The maximum Gasteiger partial charge on any atom is 0.259 e. The fourth-order valence-electron chi connectivity index (χ4n) is 5.32. The summed E-state index contributed by atoms with van der Waals surface area (Å²) in [4.78, 5) is 6.13. The standard InChI is InChI=1S/C26H31FN4O4S/c1-26(32)15-31(16-26)23-12-19-11-22(27)24(13-20(19)21(23)10-18-6-4-3-5-7-18)35-9-8-29-36(33,34)25-14-30(2)17-28-25/h3-7,11,13-14,17,21,23,29,32H,8-10,12,15-16H2,1-2H3/t21-,23+/m1/s1. The van der Waals surface area contributed by atoms with Gasteiger partial charge in [0.05, 0.1) is 11.9 Å². The highest BCUT2D eigenvalue weighted by Crippen LogP contribution is 2.43. The number of rotatable bonds is 9. The molecule has 5 rings (SSSR count). The maximum atomic E-state index is 14.9. The monoisotopic (exact) mass is 514 g/mol. The lowest BCUT2D eigenvalue weighted by molar-refractivity contribution is -0.104. The lowest BCUT2D eigenvalue weighted by atomic mass is 9.86. The van der Waals surface area contributed by atoms with Gasteiger partial charge < -0.3 is 14.4 Å². The van der Waals surface area contributed by atoms with Gasteiger partial charge in [0.15, 0.2) is 16.6 Å². The van der Waals surface area contributed by atoms with E-state index in [9.17, 15) is 17.9 Å². The number of halogens is 1. The van der Waals surface area contributed by atoms with Crippen LogP contribution < -0.4 is 9.46 Å². The normalized spacial score (nSPS) is 21.2. The van der Waals surface area contributed by atoms with Gasteiger partial charge >= 0.3 is 0 Å². The third kappa shape index (κ3) is 5.17. The molecule has 2 aromatic carbocycles. The van der Waals surface area contributed by atoms with E-state index >= 15 is 0 Å². The van der Waals surface area contributed by atoms with Crippen LogP contribution in [0.4, 0.5) is 4.39 Å². The van der Waals surface area contributed by atoms with Crippen molar-refractivity contribution in [3.63, 3.8) is 0 Å². The van der Waals surface area contributed by atoms with Gasteiger partial charge in [-0.15, -0.1) is 0 Å². The third-order valence-corrected chi connectivity index (χ3v) is 8.30. The van der Waals surface area contributed by atoms with Crippen molar-refractivity contribution in [2.45, 2.75) is 42.4 Å². The molecular formula is C26H31FN4O4S. The molecule has 8 nitrogen and oxygen atoms in total. The Balaban J connectivity index is 1.30. The number of aliphatic hydroxyl groups is 1. The van der Waals surface area contributed by atoms with Crippen LogP contribution in [0.25, 0.3) is 0 Å². The van der Waals surface area contributed by atoms with Crippen molar-refractivity contribution in [2.75, 3.05) is 26.2 Å². The Labute approximate surface area is 210 Å². The number of nitrogens with one attached hydrogen (secondary N) is 1. The van der Waals surface area contributed by atoms with E-state index in [4.69, 9.17) is 4.74 Å². The zero-order valence-electron chi connectivity index (χ0n) is 20.4. The average molecular weight is 515 g/mol. The van der Waals surface area contributed by atoms with E-state index in [0.717, 1.165) is 17.5 Å². The van der Waals surface area contributed by atoms with Crippen LogP contribution in [-0.2, 0) is 29.9 Å². The summed E-state index contributed by atoms with van der Waals surface area (Å²) >= 11 is 0. The van der Waals surface area contributed by atoms with E-state index in [1.807, 2.05) is 25.1 Å². The van der Waals surface area contributed by atoms with Crippen LogP contribution in [0.1, 0.15) is 29.5 Å². The first-order chi connectivity index (χ1) is 17.1. The number of nitrogens with zero attached hydrogens (tertiary/aromatic N) is 3. The topological polar surface area (TPSA) is 96.7 Å². The molecule has 10 heteroatoms. The van der Waals surface area contributed by atoms with Crippen molar-refractivity contribution in [1.82, 2.24) is 19.2 Å². The van der Waals surface area contributed by atoms with Crippen molar-refractivity contribution < 1.29 is 22.7 Å². The van der Waals surface area contributed by atoms with Crippen LogP contribution in [0.3, 0.4) is 0 Å². The lowest BCUT2D eigenvalue weighted by Gasteiger charge is -2.49. The highest BCUT2D eigenvalue weighted by Gasteiger charge is 2.46. The Morgan fingerprint density at radius 2 is 2.00 bits per heavy atom. The van der Waals surface area contributed by atoms with E-state index in [2.05, 4.69) is 26.7 Å². The number of aromatic nitrogens is 2. The van der Waals surface area contributed by atoms with Crippen molar-refractivity contribution in [1.29, 1.82) is 0 Å². The molecule has 3 aromatic rings. The summed E-state index contributed by atoms with van der Waals surface area (Å²) in [6, 6.07) is 13.7. The van der Waals surface area contributed by atoms with Crippen LogP contribution >= 0.6 is 0 Å². The van der Waals surface area contributed by atoms with Gasteiger partial charge in [0.2, 0.25) is 0 Å². The summed E-state index contributed by atoms with van der Waals surface area (Å²) < 4.78 is 49.3. The van der Waals surface area contributed by atoms with Crippen LogP contribution in [0.15, 0.2) is 60.0 Å². The molecule has 1 aromatic heterocycles. The molecule has 36 heavy (non-hydrogen) atoms. The molecule has 0 saturated carbocycles. The van der Waals surface area contributed by atoms with E-state index < -0.39 is 21.4 Å². The molecule has 0 unspecified atom stereocenters. The molecule has 2 heterocycles. The number of sulfonamides is 1. The summed E-state index contributed by atoms with van der Waals surface area (Å²) in [7, 11) is -2.08. The number of benzene rings is 2. The summed E-state index contributed by atoms with van der Waals surface area (Å²) in [6.45, 7) is 2.99.